The number of tetrazole rings is 1. The lowest BCUT2D eigenvalue weighted by atomic mass is 10.1. The van der Waals surface area contributed by atoms with Crippen LogP contribution in [0.25, 0.3) is 22.0 Å². The van der Waals surface area contributed by atoms with Gasteiger partial charge in [-0.05, 0) is 65.9 Å². The van der Waals surface area contributed by atoms with Crippen LogP contribution in [0.5, 0.6) is 5.75 Å². The van der Waals surface area contributed by atoms with Crippen molar-refractivity contribution in [2.45, 2.75) is 0 Å². The Morgan fingerprint density at radius 3 is 2.18 bits per heavy atom. The molecule has 0 aliphatic carbocycles. The van der Waals surface area contributed by atoms with Crippen molar-refractivity contribution >= 4 is 57.2 Å². The van der Waals surface area contributed by atoms with Gasteiger partial charge < -0.3 is 10.4 Å². The summed E-state index contributed by atoms with van der Waals surface area (Å²) in [6.45, 7) is 0. The van der Waals surface area contributed by atoms with E-state index in [1.807, 2.05) is 0 Å². The number of halogens is 2. The molecule has 0 atom stereocenters. The Balaban J connectivity index is 1.22. The molecule has 14 heteroatoms. The van der Waals surface area contributed by atoms with Crippen LogP contribution in [0.15, 0.2) is 60.7 Å². The van der Waals surface area contributed by atoms with E-state index in [2.05, 4.69) is 36.2 Å². The van der Waals surface area contributed by atoms with Gasteiger partial charge in [0, 0.05) is 27.4 Å². The molecule has 0 aliphatic rings. The van der Waals surface area contributed by atoms with E-state index in [0.717, 1.165) is 16.9 Å². The standard InChI is InChI=1S/C24H16Cl2N8O3S/c1-34-32-20(29-33-34)12-6-8-16(9-7-12)27-21(36)13-2-4-14(5-3-13)22(37)28-24-31-30-23(38-24)17-10-15(25)11-18(26)19(17)35/h2-11,35H,1H3,(H,27,36)(H,28,31,37). The van der Waals surface area contributed by atoms with Gasteiger partial charge in [-0.15, -0.1) is 20.4 Å². The Hall–Kier alpha value is -4.39. The first-order chi connectivity index (χ1) is 18.3. The third kappa shape index (κ3) is 5.47. The van der Waals surface area contributed by atoms with E-state index < -0.39 is 5.91 Å². The second kappa shape index (κ2) is 10.5. The van der Waals surface area contributed by atoms with Crippen molar-refractivity contribution in [3.8, 4) is 27.7 Å². The molecule has 0 saturated heterocycles. The van der Waals surface area contributed by atoms with Gasteiger partial charge in [0.15, 0.2) is 5.01 Å². The number of carbonyl (C=O) groups is 2. The van der Waals surface area contributed by atoms with Crippen LogP contribution in [0.1, 0.15) is 20.7 Å². The normalized spacial score (nSPS) is 10.8. The number of benzene rings is 3. The molecule has 0 aliphatic heterocycles. The fourth-order valence-corrected chi connectivity index (χ4v) is 4.61. The maximum absolute atomic E-state index is 12.7. The molecular weight excluding hydrogens is 551 g/mol. The van der Waals surface area contributed by atoms with Crippen molar-refractivity contribution in [1.82, 2.24) is 30.4 Å². The van der Waals surface area contributed by atoms with Crippen molar-refractivity contribution in [3.05, 3.63) is 81.8 Å². The maximum atomic E-state index is 12.7. The zero-order valence-corrected chi connectivity index (χ0v) is 21.7. The van der Waals surface area contributed by atoms with Gasteiger partial charge in [-0.2, -0.15) is 4.80 Å². The van der Waals surface area contributed by atoms with Gasteiger partial charge in [0.2, 0.25) is 11.0 Å². The van der Waals surface area contributed by atoms with Crippen LogP contribution >= 0.6 is 34.5 Å². The quantitative estimate of drug-likeness (QED) is 0.262. The Kier molecular flexibility index (Phi) is 7.01. The van der Waals surface area contributed by atoms with Gasteiger partial charge in [-0.1, -0.05) is 34.5 Å². The molecule has 190 valence electrons. The lowest BCUT2D eigenvalue weighted by Crippen LogP contribution is -2.14. The number of hydrogen-bond donors (Lipinski definition) is 3. The summed E-state index contributed by atoms with van der Waals surface area (Å²) in [5.41, 5.74) is 2.34. The molecule has 2 heterocycles. The van der Waals surface area contributed by atoms with Crippen molar-refractivity contribution in [2.24, 2.45) is 7.05 Å². The number of aryl methyl sites for hydroxylation is 1. The number of phenolic OH excluding ortho intramolecular Hbond substituents is 1. The smallest absolute Gasteiger partial charge is 0.257 e. The fraction of sp³-hybridized carbons (Fsp3) is 0.0417. The molecule has 3 aromatic carbocycles. The van der Waals surface area contributed by atoms with Crippen molar-refractivity contribution in [1.29, 1.82) is 0 Å². The highest BCUT2D eigenvalue weighted by molar-refractivity contribution is 7.18. The first-order valence-electron chi connectivity index (χ1n) is 10.9. The first-order valence-corrected chi connectivity index (χ1v) is 12.4. The van der Waals surface area contributed by atoms with Crippen LogP contribution in [-0.2, 0) is 7.05 Å². The molecule has 2 aromatic heterocycles. The minimum absolute atomic E-state index is 0.0776. The van der Waals surface area contributed by atoms with Crippen molar-refractivity contribution in [2.75, 3.05) is 10.6 Å². The van der Waals surface area contributed by atoms with Crippen LogP contribution in [0.4, 0.5) is 10.8 Å². The van der Waals surface area contributed by atoms with E-state index in [1.165, 1.54) is 29.1 Å². The third-order valence-corrected chi connectivity index (χ3v) is 6.60. The predicted molar refractivity (Wildman–Crippen MR) is 144 cm³/mol. The second-order valence-corrected chi connectivity index (χ2v) is 9.68. The molecule has 0 radical (unpaired) electrons. The van der Waals surface area contributed by atoms with E-state index in [0.29, 0.717) is 38.2 Å². The molecule has 0 saturated carbocycles. The van der Waals surface area contributed by atoms with Crippen molar-refractivity contribution in [3.63, 3.8) is 0 Å². The number of aromatic nitrogens is 6. The zero-order chi connectivity index (χ0) is 26.8. The number of hydrogen-bond acceptors (Lipinski definition) is 9. The monoisotopic (exact) mass is 566 g/mol. The van der Waals surface area contributed by atoms with Crippen LogP contribution in [0, 0.1) is 0 Å². The second-order valence-electron chi connectivity index (χ2n) is 7.86. The Morgan fingerprint density at radius 2 is 1.55 bits per heavy atom. The van der Waals surface area contributed by atoms with Crippen LogP contribution in [-0.4, -0.2) is 47.3 Å². The average molecular weight is 567 g/mol. The summed E-state index contributed by atoms with van der Waals surface area (Å²) in [7, 11) is 1.68. The summed E-state index contributed by atoms with van der Waals surface area (Å²) < 4.78 is 0. The molecule has 0 spiro atoms. The van der Waals surface area contributed by atoms with Crippen molar-refractivity contribution < 1.29 is 14.7 Å². The lowest BCUT2D eigenvalue weighted by molar-refractivity contribution is 0.101. The number of carbonyl (C=O) groups excluding carboxylic acids is 2. The van der Waals surface area contributed by atoms with Gasteiger partial charge >= 0.3 is 0 Å². The Morgan fingerprint density at radius 1 is 0.895 bits per heavy atom. The molecular formula is C24H16Cl2N8O3S. The number of nitrogens with zero attached hydrogens (tertiary/aromatic N) is 6. The number of amides is 2. The van der Waals surface area contributed by atoms with Gasteiger partial charge in [-0.25, -0.2) is 0 Å². The fourth-order valence-electron chi connectivity index (χ4n) is 3.36. The van der Waals surface area contributed by atoms with Gasteiger partial charge in [-0.3, -0.25) is 14.9 Å². The third-order valence-electron chi connectivity index (χ3n) is 5.22. The van der Waals surface area contributed by atoms with Gasteiger partial charge in [0.05, 0.1) is 17.6 Å². The van der Waals surface area contributed by atoms with Gasteiger partial charge in [0.1, 0.15) is 5.75 Å². The molecule has 5 aromatic rings. The Labute approximate surface area is 229 Å². The number of rotatable bonds is 6. The molecule has 0 unspecified atom stereocenters. The molecule has 2 amide bonds. The predicted octanol–water partition coefficient (Wildman–Crippen LogP) is 4.91. The summed E-state index contributed by atoms with van der Waals surface area (Å²) in [4.78, 5) is 26.7. The molecule has 5 rings (SSSR count). The summed E-state index contributed by atoms with van der Waals surface area (Å²) in [6, 6.07) is 16.1. The SMILES string of the molecule is Cn1nnc(-c2ccc(NC(=O)c3ccc(C(=O)Nc4nnc(-c5cc(Cl)cc(Cl)c5O)s4)cc3)cc2)n1. The summed E-state index contributed by atoms with van der Waals surface area (Å²) in [5.74, 6) is -0.481. The molecule has 38 heavy (non-hydrogen) atoms. The van der Waals surface area contributed by atoms with Crippen LogP contribution in [0.2, 0.25) is 10.0 Å². The number of nitrogens with one attached hydrogen (secondary N) is 2. The number of aromatic hydroxyl groups is 1. The molecule has 11 nitrogen and oxygen atoms in total. The molecule has 0 bridgehead atoms. The first kappa shape index (κ1) is 25.3. The minimum Gasteiger partial charge on any atom is -0.506 e. The number of anilines is 2. The largest absolute Gasteiger partial charge is 0.506 e. The van der Waals surface area contributed by atoms with Crippen LogP contribution < -0.4 is 10.6 Å². The highest BCUT2D eigenvalue weighted by Gasteiger charge is 2.17. The lowest BCUT2D eigenvalue weighted by Gasteiger charge is -2.07. The average Bonchev–Trinajstić information content (AvgIpc) is 3.55. The van der Waals surface area contributed by atoms with Crippen LogP contribution in [0.3, 0.4) is 0 Å². The summed E-state index contributed by atoms with van der Waals surface area (Å²) in [6.07, 6.45) is 0. The van der Waals surface area contributed by atoms with E-state index in [9.17, 15) is 14.7 Å². The molecule has 3 N–H and O–H groups in total. The number of phenols is 1. The Bertz CT molecular complexity index is 1650. The van der Waals surface area contributed by atoms with E-state index >= 15 is 0 Å². The summed E-state index contributed by atoms with van der Waals surface area (Å²) >= 11 is 13.0. The highest BCUT2D eigenvalue weighted by Crippen LogP contribution is 2.39. The minimum atomic E-state index is -0.443. The topological polar surface area (TPSA) is 148 Å². The highest BCUT2D eigenvalue weighted by atomic mass is 35.5. The van der Waals surface area contributed by atoms with E-state index in [-0.39, 0.29) is 21.8 Å². The zero-order valence-electron chi connectivity index (χ0n) is 19.4. The van der Waals surface area contributed by atoms with E-state index in [1.54, 1.807) is 43.4 Å². The maximum Gasteiger partial charge on any atom is 0.257 e. The van der Waals surface area contributed by atoms with E-state index in [4.69, 9.17) is 23.2 Å². The van der Waals surface area contributed by atoms with Gasteiger partial charge in [0.25, 0.3) is 11.8 Å². The summed E-state index contributed by atoms with van der Waals surface area (Å²) in [5, 5.41) is 36.4. The molecule has 0 fully saturated rings.